The number of methoxy groups -OCH3 is 1. The van der Waals surface area contributed by atoms with E-state index in [1.54, 1.807) is 7.11 Å². The number of nitrogens with zero attached hydrogens (tertiary/aromatic N) is 2. The molecule has 1 heterocycles. The van der Waals surface area contributed by atoms with Gasteiger partial charge in [-0.05, 0) is 32.0 Å². The zero-order chi connectivity index (χ0) is 19.9. The second kappa shape index (κ2) is 9.35. The lowest BCUT2D eigenvalue weighted by Gasteiger charge is -2.36. The number of amides is 2. The van der Waals surface area contributed by atoms with Crippen molar-refractivity contribution < 1.29 is 14.3 Å². The van der Waals surface area contributed by atoms with Gasteiger partial charge >= 0.3 is 6.03 Å². The molecule has 1 saturated heterocycles. The minimum atomic E-state index is -0.0442. The summed E-state index contributed by atoms with van der Waals surface area (Å²) in [6, 6.07) is 15.8. The topological polar surface area (TPSA) is 54.0 Å². The number of carbonyl (C=O) groups is 1. The molecular formula is C22H29N3O3. The number of urea groups is 1. The molecule has 0 radical (unpaired) electrons. The van der Waals surface area contributed by atoms with Crippen molar-refractivity contribution in [1.82, 2.24) is 10.2 Å². The molecule has 2 aromatic rings. The summed E-state index contributed by atoms with van der Waals surface area (Å²) in [6.45, 7) is 7.42. The van der Waals surface area contributed by atoms with Crippen LogP contribution in [0.1, 0.15) is 19.4 Å². The third-order valence-electron chi connectivity index (χ3n) is 4.76. The second-order valence-electron chi connectivity index (χ2n) is 7.08. The van der Waals surface area contributed by atoms with E-state index >= 15 is 0 Å². The fourth-order valence-corrected chi connectivity index (χ4v) is 3.35. The quantitative estimate of drug-likeness (QED) is 0.829. The van der Waals surface area contributed by atoms with E-state index in [1.807, 2.05) is 61.2 Å². The number of carbonyl (C=O) groups excluding carboxylic acids is 1. The van der Waals surface area contributed by atoms with E-state index in [4.69, 9.17) is 9.47 Å². The number of para-hydroxylation sites is 3. The molecule has 0 saturated carbocycles. The van der Waals surface area contributed by atoms with Gasteiger partial charge in [-0.25, -0.2) is 4.79 Å². The second-order valence-corrected chi connectivity index (χ2v) is 7.08. The maximum atomic E-state index is 12.6. The molecule has 1 aliphatic rings. The molecular weight excluding hydrogens is 354 g/mol. The van der Waals surface area contributed by atoms with Gasteiger partial charge in [0.25, 0.3) is 0 Å². The third kappa shape index (κ3) is 4.88. The number of ether oxygens (including phenoxy) is 2. The summed E-state index contributed by atoms with van der Waals surface area (Å²) >= 11 is 0. The van der Waals surface area contributed by atoms with Crippen LogP contribution in [0.25, 0.3) is 0 Å². The van der Waals surface area contributed by atoms with Gasteiger partial charge in [-0.1, -0.05) is 30.3 Å². The zero-order valence-corrected chi connectivity index (χ0v) is 16.9. The first-order valence-corrected chi connectivity index (χ1v) is 9.73. The van der Waals surface area contributed by atoms with Gasteiger partial charge in [0.1, 0.15) is 11.5 Å². The Balaban J connectivity index is 1.55. The Kier molecular flexibility index (Phi) is 6.63. The van der Waals surface area contributed by atoms with Crippen molar-refractivity contribution in [1.29, 1.82) is 0 Å². The average molecular weight is 383 g/mol. The minimum absolute atomic E-state index is 0.0442. The molecule has 0 bridgehead atoms. The van der Waals surface area contributed by atoms with Gasteiger partial charge in [-0.2, -0.15) is 0 Å². The minimum Gasteiger partial charge on any atom is -0.496 e. The van der Waals surface area contributed by atoms with Crippen molar-refractivity contribution >= 4 is 11.7 Å². The van der Waals surface area contributed by atoms with Gasteiger partial charge in [0.15, 0.2) is 0 Å². The Bertz CT molecular complexity index is 786. The highest BCUT2D eigenvalue weighted by Crippen LogP contribution is 2.29. The summed E-state index contributed by atoms with van der Waals surface area (Å²) in [5, 5.41) is 3.00. The van der Waals surface area contributed by atoms with Crippen LogP contribution < -0.4 is 19.7 Å². The van der Waals surface area contributed by atoms with E-state index in [0.717, 1.165) is 35.8 Å². The number of hydrogen-bond acceptors (Lipinski definition) is 4. The van der Waals surface area contributed by atoms with Crippen LogP contribution in [0.3, 0.4) is 0 Å². The highest BCUT2D eigenvalue weighted by molar-refractivity contribution is 5.74. The molecule has 6 nitrogen and oxygen atoms in total. The van der Waals surface area contributed by atoms with Gasteiger partial charge in [-0.15, -0.1) is 0 Å². The van der Waals surface area contributed by atoms with Crippen molar-refractivity contribution in [3.05, 3.63) is 54.1 Å². The zero-order valence-electron chi connectivity index (χ0n) is 16.9. The Morgan fingerprint density at radius 3 is 2.32 bits per heavy atom. The van der Waals surface area contributed by atoms with Crippen LogP contribution in [0.2, 0.25) is 0 Å². The first-order chi connectivity index (χ1) is 13.6. The van der Waals surface area contributed by atoms with Gasteiger partial charge in [0.2, 0.25) is 0 Å². The first kappa shape index (κ1) is 19.9. The highest BCUT2D eigenvalue weighted by atomic mass is 16.5. The van der Waals surface area contributed by atoms with E-state index in [-0.39, 0.29) is 12.1 Å². The van der Waals surface area contributed by atoms with E-state index in [1.165, 1.54) is 0 Å². The SMILES string of the molecule is COc1ccccc1CNC(=O)N1CCN(c2ccccc2OC(C)C)CC1. The molecule has 2 amide bonds. The Morgan fingerprint density at radius 2 is 1.64 bits per heavy atom. The van der Waals surface area contributed by atoms with Crippen molar-refractivity contribution in [3.8, 4) is 11.5 Å². The van der Waals surface area contributed by atoms with Crippen LogP contribution in [0, 0.1) is 0 Å². The molecule has 2 aromatic carbocycles. The van der Waals surface area contributed by atoms with Crippen molar-refractivity contribution in [3.63, 3.8) is 0 Å². The predicted octanol–water partition coefficient (Wildman–Crippen LogP) is 3.51. The summed E-state index contributed by atoms with van der Waals surface area (Å²) in [6.07, 6.45) is 0.128. The standard InChI is InChI=1S/C22H29N3O3/c1-17(2)28-21-11-7-5-9-19(21)24-12-14-25(15-13-24)22(26)23-16-18-8-4-6-10-20(18)27-3/h4-11,17H,12-16H2,1-3H3,(H,23,26). The summed E-state index contributed by atoms with van der Waals surface area (Å²) < 4.78 is 11.3. The smallest absolute Gasteiger partial charge is 0.317 e. The Morgan fingerprint density at radius 1 is 1.00 bits per heavy atom. The maximum Gasteiger partial charge on any atom is 0.317 e. The molecule has 3 rings (SSSR count). The Labute approximate surface area is 167 Å². The normalized spacial score (nSPS) is 14.1. The average Bonchev–Trinajstić information content (AvgIpc) is 2.72. The maximum absolute atomic E-state index is 12.6. The molecule has 0 atom stereocenters. The number of benzene rings is 2. The van der Waals surface area contributed by atoms with Gasteiger partial charge in [0.05, 0.1) is 18.9 Å². The lowest BCUT2D eigenvalue weighted by Crippen LogP contribution is -2.51. The van der Waals surface area contributed by atoms with Crippen LogP contribution in [-0.2, 0) is 6.54 Å². The molecule has 150 valence electrons. The molecule has 0 aromatic heterocycles. The van der Waals surface area contributed by atoms with E-state index < -0.39 is 0 Å². The van der Waals surface area contributed by atoms with Gasteiger partial charge in [-0.3, -0.25) is 0 Å². The van der Waals surface area contributed by atoms with Crippen LogP contribution in [0.5, 0.6) is 11.5 Å². The molecule has 0 spiro atoms. The third-order valence-corrected chi connectivity index (χ3v) is 4.76. The largest absolute Gasteiger partial charge is 0.496 e. The molecule has 28 heavy (non-hydrogen) atoms. The van der Waals surface area contributed by atoms with Gasteiger partial charge in [0, 0.05) is 38.3 Å². The summed E-state index contributed by atoms with van der Waals surface area (Å²) in [4.78, 5) is 16.7. The van der Waals surface area contributed by atoms with Gasteiger partial charge < -0.3 is 24.6 Å². The number of anilines is 1. The molecule has 1 fully saturated rings. The number of hydrogen-bond donors (Lipinski definition) is 1. The van der Waals surface area contributed by atoms with Crippen LogP contribution >= 0.6 is 0 Å². The summed E-state index contributed by atoms with van der Waals surface area (Å²) in [7, 11) is 1.64. The van der Waals surface area contributed by atoms with E-state index in [9.17, 15) is 4.79 Å². The first-order valence-electron chi connectivity index (χ1n) is 9.73. The molecule has 1 N–H and O–H groups in total. The summed E-state index contributed by atoms with van der Waals surface area (Å²) in [5.41, 5.74) is 2.06. The number of rotatable bonds is 6. The van der Waals surface area contributed by atoms with Crippen LogP contribution in [-0.4, -0.2) is 50.3 Å². The van der Waals surface area contributed by atoms with Crippen molar-refractivity contribution in [2.24, 2.45) is 0 Å². The van der Waals surface area contributed by atoms with Crippen molar-refractivity contribution in [2.75, 3.05) is 38.2 Å². The lowest BCUT2D eigenvalue weighted by atomic mass is 10.2. The number of nitrogens with one attached hydrogen (secondary N) is 1. The number of piperazine rings is 1. The van der Waals surface area contributed by atoms with Crippen molar-refractivity contribution in [2.45, 2.75) is 26.5 Å². The van der Waals surface area contributed by atoms with E-state index in [2.05, 4.69) is 16.3 Å². The Hall–Kier alpha value is -2.89. The fourth-order valence-electron chi connectivity index (χ4n) is 3.35. The molecule has 1 aliphatic heterocycles. The molecule has 6 heteroatoms. The van der Waals surface area contributed by atoms with Crippen LogP contribution in [0.4, 0.5) is 10.5 Å². The molecule has 0 unspecified atom stereocenters. The fraction of sp³-hybridized carbons (Fsp3) is 0.409. The van der Waals surface area contributed by atoms with Crippen LogP contribution in [0.15, 0.2) is 48.5 Å². The predicted molar refractivity (Wildman–Crippen MR) is 111 cm³/mol. The summed E-state index contributed by atoms with van der Waals surface area (Å²) in [5.74, 6) is 1.68. The highest BCUT2D eigenvalue weighted by Gasteiger charge is 2.23. The van der Waals surface area contributed by atoms with E-state index in [0.29, 0.717) is 19.6 Å². The lowest BCUT2D eigenvalue weighted by molar-refractivity contribution is 0.193. The monoisotopic (exact) mass is 383 g/mol. The molecule has 0 aliphatic carbocycles.